The van der Waals surface area contributed by atoms with Crippen LogP contribution in [0.4, 0.5) is 5.82 Å². The van der Waals surface area contributed by atoms with Gasteiger partial charge >= 0.3 is 0 Å². The van der Waals surface area contributed by atoms with Crippen LogP contribution in [0.2, 0.25) is 0 Å². The van der Waals surface area contributed by atoms with Gasteiger partial charge in [0.15, 0.2) is 5.66 Å². The van der Waals surface area contributed by atoms with Crippen LogP contribution in [0.3, 0.4) is 0 Å². The van der Waals surface area contributed by atoms with E-state index >= 15 is 0 Å². The average molecular weight is 388 g/mol. The maximum atomic E-state index is 6.89. The van der Waals surface area contributed by atoms with Crippen LogP contribution in [0.15, 0.2) is 65.8 Å². The maximum absolute atomic E-state index is 6.89. The summed E-state index contributed by atoms with van der Waals surface area (Å²) < 4.78 is 5.91. The molecule has 148 valence electrons. The highest BCUT2D eigenvalue weighted by molar-refractivity contribution is 5.99. The second-order valence-corrected chi connectivity index (χ2v) is 7.51. The second-order valence-electron chi connectivity index (χ2n) is 7.51. The van der Waals surface area contributed by atoms with Crippen molar-refractivity contribution in [2.24, 2.45) is 16.6 Å². The first kappa shape index (κ1) is 17.9. The number of aliphatic imine (C=N–C) groups is 1. The van der Waals surface area contributed by atoms with E-state index in [0.29, 0.717) is 5.92 Å². The van der Waals surface area contributed by atoms with Gasteiger partial charge in [0.1, 0.15) is 23.2 Å². The number of fused-ring (bicyclic) bond motifs is 1. The minimum Gasteiger partial charge on any atom is -0.457 e. The summed E-state index contributed by atoms with van der Waals surface area (Å²) in [6.45, 7) is 1.98. The lowest BCUT2D eigenvalue weighted by molar-refractivity contribution is 0.447. The van der Waals surface area contributed by atoms with Crippen molar-refractivity contribution >= 4 is 11.7 Å². The number of anilines is 1. The molecule has 2 aromatic carbocycles. The summed E-state index contributed by atoms with van der Waals surface area (Å²) in [4.78, 5) is 4.99. The van der Waals surface area contributed by atoms with Crippen LogP contribution in [-0.4, -0.2) is 29.1 Å². The smallest absolute Gasteiger partial charge is 0.166 e. The fourth-order valence-corrected chi connectivity index (χ4v) is 3.99. The lowest BCUT2D eigenvalue weighted by Gasteiger charge is -2.35. The molecule has 0 amide bonds. The first-order valence-corrected chi connectivity index (χ1v) is 9.96. The SMILES string of the molecule is NC1(c2ccc(Oc3ccccc3)cc2)N=C(C2CCNCC2)Nc2[nH]ncc21. The van der Waals surface area contributed by atoms with Gasteiger partial charge in [0, 0.05) is 5.92 Å². The van der Waals surface area contributed by atoms with E-state index in [-0.39, 0.29) is 0 Å². The molecule has 2 aliphatic heterocycles. The maximum Gasteiger partial charge on any atom is 0.166 e. The molecule has 0 saturated carbocycles. The van der Waals surface area contributed by atoms with E-state index in [9.17, 15) is 0 Å². The predicted octanol–water partition coefficient (Wildman–Crippen LogP) is 3.19. The molecule has 5 N–H and O–H groups in total. The van der Waals surface area contributed by atoms with E-state index < -0.39 is 5.66 Å². The highest BCUT2D eigenvalue weighted by atomic mass is 16.5. The Morgan fingerprint density at radius 2 is 1.69 bits per heavy atom. The van der Waals surface area contributed by atoms with Crippen molar-refractivity contribution in [1.29, 1.82) is 0 Å². The average Bonchev–Trinajstić information content (AvgIpc) is 3.25. The van der Waals surface area contributed by atoms with Crippen molar-refractivity contribution in [3.8, 4) is 11.5 Å². The Morgan fingerprint density at radius 1 is 0.966 bits per heavy atom. The van der Waals surface area contributed by atoms with Crippen LogP contribution in [0.5, 0.6) is 11.5 Å². The molecule has 1 atom stereocenters. The van der Waals surface area contributed by atoms with Crippen molar-refractivity contribution in [3.05, 3.63) is 71.9 Å². The summed E-state index contributed by atoms with van der Waals surface area (Å²) in [6.07, 6.45) is 3.82. The number of amidine groups is 1. The third kappa shape index (κ3) is 3.39. The topological polar surface area (TPSA) is 100 Å². The predicted molar refractivity (Wildman–Crippen MR) is 113 cm³/mol. The molecule has 2 aliphatic rings. The molecule has 29 heavy (non-hydrogen) atoms. The highest BCUT2D eigenvalue weighted by Gasteiger charge is 2.38. The summed E-state index contributed by atoms with van der Waals surface area (Å²) in [5, 5.41) is 14.0. The molecular formula is C22H24N6O. The number of hydrogen-bond acceptors (Lipinski definition) is 6. The zero-order valence-electron chi connectivity index (χ0n) is 16.1. The van der Waals surface area contributed by atoms with Crippen LogP contribution in [-0.2, 0) is 5.66 Å². The molecule has 7 nitrogen and oxygen atoms in total. The Hall–Kier alpha value is -3.16. The second kappa shape index (κ2) is 7.35. The quantitative estimate of drug-likeness (QED) is 0.550. The van der Waals surface area contributed by atoms with Gasteiger partial charge in [-0.05, 0) is 55.8 Å². The van der Waals surface area contributed by atoms with Gasteiger partial charge in [0.25, 0.3) is 0 Å². The molecule has 1 saturated heterocycles. The molecule has 7 heteroatoms. The van der Waals surface area contributed by atoms with Gasteiger partial charge < -0.3 is 15.4 Å². The summed E-state index contributed by atoms with van der Waals surface area (Å²) in [5.41, 5.74) is 7.64. The molecule has 1 fully saturated rings. The van der Waals surface area contributed by atoms with Gasteiger partial charge in [-0.3, -0.25) is 10.8 Å². The molecule has 5 rings (SSSR count). The van der Waals surface area contributed by atoms with E-state index in [2.05, 4.69) is 20.8 Å². The monoisotopic (exact) mass is 388 g/mol. The van der Waals surface area contributed by atoms with Crippen LogP contribution in [0.25, 0.3) is 0 Å². The molecule has 0 spiro atoms. The summed E-state index contributed by atoms with van der Waals surface area (Å²) in [5.74, 6) is 3.66. The number of piperidine rings is 1. The Kier molecular flexibility index (Phi) is 4.54. The number of aromatic nitrogens is 2. The van der Waals surface area contributed by atoms with E-state index in [1.165, 1.54) is 0 Å². The molecule has 3 heterocycles. The van der Waals surface area contributed by atoms with Gasteiger partial charge in [0.05, 0.1) is 11.8 Å². The molecule has 0 radical (unpaired) electrons. The molecule has 1 aromatic heterocycles. The van der Waals surface area contributed by atoms with Crippen LogP contribution in [0.1, 0.15) is 24.0 Å². The van der Waals surface area contributed by atoms with Crippen molar-refractivity contribution in [2.45, 2.75) is 18.5 Å². The number of nitrogens with one attached hydrogen (secondary N) is 3. The number of H-pyrrole nitrogens is 1. The number of nitrogens with two attached hydrogens (primary N) is 1. The summed E-state index contributed by atoms with van der Waals surface area (Å²) in [6, 6.07) is 17.5. The summed E-state index contributed by atoms with van der Waals surface area (Å²) >= 11 is 0. The fourth-order valence-electron chi connectivity index (χ4n) is 3.99. The van der Waals surface area contributed by atoms with Crippen molar-refractivity contribution in [1.82, 2.24) is 15.5 Å². The third-order valence-electron chi connectivity index (χ3n) is 5.60. The number of hydrogen-bond donors (Lipinski definition) is 4. The Labute approximate surface area is 169 Å². The molecule has 0 bridgehead atoms. The Balaban J connectivity index is 1.47. The number of nitrogens with zero attached hydrogens (tertiary/aromatic N) is 2. The zero-order valence-corrected chi connectivity index (χ0v) is 16.1. The molecular weight excluding hydrogens is 364 g/mol. The van der Waals surface area contributed by atoms with E-state index in [1.807, 2.05) is 54.6 Å². The normalized spacial score (nSPS) is 21.8. The van der Waals surface area contributed by atoms with Gasteiger partial charge in [-0.15, -0.1) is 0 Å². The highest BCUT2D eigenvalue weighted by Crippen LogP contribution is 2.38. The van der Waals surface area contributed by atoms with Crippen molar-refractivity contribution in [3.63, 3.8) is 0 Å². The van der Waals surface area contributed by atoms with Gasteiger partial charge in [-0.25, -0.2) is 4.99 Å². The number of ether oxygens (including phenoxy) is 1. The largest absolute Gasteiger partial charge is 0.457 e. The minimum atomic E-state index is -0.987. The standard InChI is InChI=1S/C22H24N6O/c23-22(16-6-8-18(9-7-16)29-17-4-2-1-3-5-17)19-14-25-28-21(19)26-20(27-22)15-10-12-24-13-11-15/h1-9,14-15,24H,10-13,23H2,(H2,25,26,27,28). The van der Waals surface area contributed by atoms with Gasteiger partial charge in [-0.1, -0.05) is 30.3 Å². The van der Waals surface area contributed by atoms with Crippen LogP contribution in [0, 0.1) is 5.92 Å². The van der Waals surface area contributed by atoms with E-state index in [4.69, 9.17) is 15.5 Å². The molecule has 1 unspecified atom stereocenters. The van der Waals surface area contributed by atoms with Gasteiger partial charge in [-0.2, -0.15) is 5.10 Å². The number of benzene rings is 2. The Bertz CT molecular complexity index is 1010. The van der Waals surface area contributed by atoms with Crippen molar-refractivity contribution in [2.75, 3.05) is 18.4 Å². The van der Waals surface area contributed by atoms with Crippen LogP contribution >= 0.6 is 0 Å². The number of rotatable bonds is 4. The van der Waals surface area contributed by atoms with E-state index in [1.54, 1.807) is 6.20 Å². The summed E-state index contributed by atoms with van der Waals surface area (Å²) in [7, 11) is 0. The fraction of sp³-hybridized carbons (Fsp3) is 0.273. The van der Waals surface area contributed by atoms with Crippen molar-refractivity contribution < 1.29 is 4.74 Å². The Morgan fingerprint density at radius 3 is 2.45 bits per heavy atom. The molecule has 0 aliphatic carbocycles. The lowest BCUT2D eigenvalue weighted by atomic mass is 9.90. The first-order valence-electron chi connectivity index (χ1n) is 9.96. The number of aromatic amines is 1. The lowest BCUT2D eigenvalue weighted by Crippen LogP contribution is -2.44. The van der Waals surface area contributed by atoms with E-state index in [0.717, 1.165) is 60.2 Å². The minimum absolute atomic E-state index is 0.358. The van der Waals surface area contributed by atoms with Crippen LogP contribution < -0.4 is 21.1 Å². The molecule has 3 aromatic rings. The third-order valence-corrected chi connectivity index (χ3v) is 5.60. The first-order chi connectivity index (χ1) is 14.2. The zero-order chi connectivity index (χ0) is 19.7. The van der Waals surface area contributed by atoms with Gasteiger partial charge in [0.2, 0.25) is 0 Å². The number of para-hydroxylation sites is 1.